The molecule has 1 unspecified atom stereocenters. The molecular formula is C21H22F3N5O4S. The van der Waals surface area contributed by atoms with Gasteiger partial charge in [-0.2, -0.15) is 13.2 Å². The van der Waals surface area contributed by atoms with Crippen LogP contribution >= 0.6 is 0 Å². The molecule has 9 nitrogen and oxygen atoms in total. The summed E-state index contributed by atoms with van der Waals surface area (Å²) in [6.45, 7) is 3.78. The summed E-state index contributed by atoms with van der Waals surface area (Å²) in [5.74, 6) is 0.205. The molecule has 0 saturated heterocycles. The maximum absolute atomic E-state index is 13.5. The van der Waals surface area contributed by atoms with E-state index in [0.29, 0.717) is 16.9 Å². The SMILES string of the molecule is CC(C)C1c2nc3cc(CO)c(S(C)(=O)=O)cc3n2CCN1c1ncc(C=O)c(C(F)(F)F)n1. The first-order valence-electron chi connectivity index (χ1n) is 10.4. The summed E-state index contributed by atoms with van der Waals surface area (Å²) in [4.78, 5) is 25.0. The number of fused-ring (bicyclic) bond motifs is 3. The number of carbonyl (C=O) groups is 1. The Morgan fingerprint density at radius 2 is 1.94 bits per heavy atom. The summed E-state index contributed by atoms with van der Waals surface area (Å²) in [5, 5.41) is 9.67. The van der Waals surface area contributed by atoms with Crippen molar-refractivity contribution in [1.29, 1.82) is 0 Å². The molecule has 182 valence electrons. The number of aliphatic hydroxyl groups excluding tert-OH is 1. The maximum atomic E-state index is 13.5. The summed E-state index contributed by atoms with van der Waals surface area (Å²) < 4.78 is 66.7. The molecule has 4 rings (SSSR count). The predicted octanol–water partition coefficient (Wildman–Crippen LogP) is 2.77. The summed E-state index contributed by atoms with van der Waals surface area (Å²) in [6.07, 6.45) is -2.84. The zero-order valence-electron chi connectivity index (χ0n) is 18.5. The zero-order valence-corrected chi connectivity index (χ0v) is 19.4. The minimum atomic E-state index is -4.83. The summed E-state index contributed by atoms with van der Waals surface area (Å²) in [5.41, 5.74) is -0.727. The fraction of sp³-hybridized carbons (Fsp3) is 0.429. The van der Waals surface area contributed by atoms with Gasteiger partial charge in [0.1, 0.15) is 5.82 Å². The van der Waals surface area contributed by atoms with Crippen LogP contribution in [0.15, 0.2) is 23.2 Å². The van der Waals surface area contributed by atoms with Gasteiger partial charge in [-0.3, -0.25) is 4.79 Å². The smallest absolute Gasteiger partial charge is 0.392 e. The molecule has 0 radical (unpaired) electrons. The van der Waals surface area contributed by atoms with Gasteiger partial charge in [0, 0.05) is 25.5 Å². The van der Waals surface area contributed by atoms with Gasteiger partial charge in [-0.1, -0.05) is 13.8 Å². The molecule has 0 saturated carbocycles. The molecule has 0 amide bonds. The molecule has 1 N–H and O–H groups in total. The average molecular weight is 497 g/mol. The van der Waals surface area contributed by atoms with Crippen molar-refractivity contribution in [1.82, 2.24) is 19.5 Å². The van der Waals surface area contributed by atoms with Crippen LogP contribution in [0.2, 0.25) is 0 Å². The van der Waals surface area contributed by atoms with Gasteiger partial charge in [0.05, 0.1) is 34.1 Å². The monoisotopic (exact) mass is 497 g/mol. The Morgan fingerprint density at radius 3 is 2.50 bits per heavy atom. The van der Waals surface area contributed by atoms with Crippen LogP contribution in [-0.4, -0.2) is 52.1 Å². The third-order valence-electron chi connectivity index (χ3n) is 5.78. The molecule has 3 aromatic rings. The lowest BCUT2D eigenvalue weighted by atomic mass is 10.00. The minimum absolute atomic E-state index is 0.00340. The molecule has 2 aromatic heterocycles. The van der Waals surface area contributed by atoms with E-state index < -0.39 is 39.9 Å². The van der Waals surface area contributed by atoms with Crippen LogP contribution in [0.25, 0.3) is 11.0 Å². The van der Waals surface area contributed by atoms with Crippen molar-refractivity contribution < 1.29 is 31.5 Å². The lowest BCUT2D eigenvalue weighted by molar-refractivity contribution is -0.141. The highest BCUT2D eigenvalue weighted by molar-refractivity contribution is 7.90. The fourth-order valence-corrected chi connectivity index (χ4v) is 5.27. The Labute approximate surface area is 193 Å². The number of hydrogen-bond acceptors (Lipinski definition) is 8. The quantitative estimate of drug-likeness (QED) is 0.535. The van der Waals surface area contributed by atoms with E-state index in [2.05, 4.69) is 15.0 Å². The normalized spacial score (nSPS) is 16.8. The van der Waals surface area contributed by atoms with Gasteiger partial charge in [-0.25, -0.2) is 23.4 Å². The number of anilines is 1. The lowest BCUT2D eigenvalue weighted by Gasteiger charge is -2.38. The second-order valence-corrected chi connectivity index (χ2v) is 10.5. The maximum Gasteiger partial charge on any atom is 0.434 e. The molecule has 1 aromatic carbocycles. The number of alkyl halides is 3. The van der Waals surface area contributed by atoms with E-state index in [1.165, 1.54) is 12.1 Å². The standard InChI is InChI=1S/C21H22F3N5O4S/c1-11(2)17-19-26-14-6-12(9-30)16(34(3,32)33)7-15(14)28(19)4-5-29(17)20-25-8-13(10-31)18(27-20)21(22,23)24/h6-8,10-11,17,30H,4-5,9H2,1-3H3. The Morgan fingerprint density at radius 1 is 1.24 bits per heavy atom. The topological polar surface area (TPSA) is 118 Å². The van der Waals surface area contributed by atoms with Crippen LogP contribution in [0.1, 0.15) is 47.3 Å². The molecule has 0 aliphatic carbocycles. The highest BCUT2D eigenvalue weighted by Gasteiger charge is 2.39. The third-order valence-corrected chi connectivity index (χ3v) is 6.96. The number of rotatable bonds is 5. The number of sulfone groups is 1. The van der Waals surface area contributed by atoms with Gasteiger partial charge in [-0.05, 0) is 23.6 Å². The first-order valence-corrected chi connectivity index (χ1v) is 12.3. The van der Waals surface area contributed by atoms with Crippen molar-refractivity contribution >= 4 is 33.1 Å². The van der Waals surface area contributed by atoms with Crippen molar-refractivity contribution in [3.8, 4) is 0 Å². The number of benzene rings is 1. The molecule has 0 spiro atoms. The van der Waals surface area contributed by atoms with Crippen molar-refractivity contribution in [3.05, 3.63) is 41.0 Å². The number of aliphatic hydroxyl groups is 1. The average Bonchev–Trinajstić information content (AvgIpc) is 3.13. The number of halogens is 3. The second-order valence-electron chi connectivity index (χ2n) is 8.47. The number of imidazole rings is 1. The van der Waals surface area contributed by atoms with E-state index in [0.717, 1.165) is 12.5 Å². The Bertz CT molecular complexity index is 1390. The van der Waals surface area contributed by atoms with Gasteiger partial charge in [0.15, 0.2) is 21.8 Å². The van der Waals surface area contributed by atoms with E-state index >= 15 is 0 Å². The van der Waals surface area contributed by atoms with E-state index in [4.69, 9.17) is 0 Å². The number of carbonyl (C=O) groups excluding carboxylic acids is 1. The predicted molar refractivity (Wildman–Crippen MR) is 116 cm³/mol. The summed E-state index contributed by atoms with van der Waals surface area (Å²) in [7, 11) is -3.62. The highest BCUT2D eigenvalue weighted by atomic mass is 32.2. The Balaban J connectivity index is 1.88. The van der Waals surface area contributed by atoms with Crippen molar-refractivity contribution in [2.75, 3.05) is 17.7 Å². The zero-order chi connectivity index (χ0) is 25.0. The molecule has 13 heteroatoms. The van der Waals surface area contributed by atoms with Gasteiger partial charge in [0.2, 0.25) is 5.95 Å². The highest BCUT2D eigenvalue weighted by Crippen LogP contribution is 2.38. The molecular weight excluding hydrogens is 475 g/mol. The van der Waals surface area contributed by atoms with E-state index in [-0.39, 0.29) is 41.7 Å². The molecule has 0 bridgehead atoms. The van der Waals surface area contributed by atoms with Crippen molar-refractivity contribution in [3.63, 3.8) is 0 Å². The summed E-state index contributed by atoms with van der Waals surface area (Å²) in [6, 6.07) is 2.45. The molecule has 0 fully saturated rings. The Hall–Kier alpha value is -3.06. The third kappa shape index (κ3) is 4.02. The van der Waals surface area contributed by atoms with E-state index in [9.17, 15) is 31.5 Å². The van der Waals surface area contributed by atoms with Crippen LogP contribution in [0, 0.1) is 5.92 Å². The van der Waals surface area contributed by atoms with E-state index in [1.54, 1.807) is 4.90 Å². The number of aldehydes is 1. The minimum Gasteiger partial charge on any atom is -0.392 e. The van der Waals surface area contributed by atoms with Gasteiger partial charge in [-0.15, -0.1) is 0 Å². The van der Waals surface area contributed by atoms with E-state index in [1.807, 2.05) is 18.4 Å². The van der Waals surface area contributed by atoms with Crippen LogP contribution in [0.3, 0.4) is 0 Å². The van der Waals surface area contributed by atoms with Crippen molar-refractivity contribution in [2.24, 2.45) is 5.92 Å². The van der Waals surface area contributed by atoms with Crippen LogP contribution in [-0.2, 0) is 29.2 Å². The van der Waals surface area contributed by atoms with Gasteiger partial charge < -0.3 is 14.6 Å². The fourth-order valence-electron chi connectivity index (χ4n) is 4.35. The van der Waals surface area contributed by atoms with Crippen LogP contribution in [0.4, 0.5) is 19.1 Å². The van der Waals surface area contributed by atoms with Gasteiger partial charge >= 0.3 is 6.18 Å². The largest absolute Gasteiger partial charge is 0.434 e. The molecule has 3 heterocycles. The molecule has 34 heavy (non-hydrogen) atoms. The van der Waals surface area contributed by atoms with Gasteiger partial charge in [0.25, 0.3) is 0 Å². The van der Waals surface area contributed by atoms with Crippen LogP contribution < -0.4 is 4.90 Å². The number of hydrogen-bond donors (Lipinski definition) is 1. The lowest BCUT2D eigenvalue weighted by Crippen LogP contribution is -2.42. The molecule has 1 atom stereocenters. The molecule has 1 aliphatic heterocycles. The number of aromatic nitrogens is 4. The van der Waals surface area contributed by atoms with Crippen molar-refractivity contribution in [2.45, 2.75) is 44.1 Å². The second kappa shape index (κ2) is 8.31. The Kier molecular flexibility index (Phi) is 5.88. The first-order chi connectivity index (χ1) is 15.9. The van der Waals surface area contributed by atoms with Crippen LogP contribution in [0.5, 0.6) is 0 Å². The molecule has 1 aliphatic rings. The summed E-state index contributed by atoms with van der Waals surface area (Å²) >= 11 is 0. The first kappa shape index (κ1) is 24.1. The number of nitrogens with zero attached hydrogens (tertiary/aromatic N) is 5.